The zero-order chi connectivity index (χ0) is 12.8. The van der Waals surface area contributed by atoms with E-state index < -0.39 is 37.3 Å². The van der Waals surface area contributed by atoms with Crippen molar-refractivity contribution in [1.29, 1.82) is 0 Å². The number of hydrogen-bond donors (Lipinski definition) is 5. The van der Waals surface area contributed by atoms with Crippen LogP contribution < -0.4 is 5.32 Å². The van der Waals surface area contributed by atoms with E-state index in [0.29, 0.717) is 6.54 Å². The molecule has 0 aromatic carbocycles. The van der Waals surface area contributed by atoms with Crippen LogP contribution in [0, 0.1) is 0 Å². The predicted octanol–water partition coefficient (Wildman–Crippen LogP) is -1.43. The largest absolute Gasteiger partial charge is 0.394 e. The fourth-order valence-corrected chi connectivity index (χ4v) is 1.96. The quantitative estimate of drug-likeness (QED) is 0.370. The molecule has 17 heavy (non-hydrogen) atoms. The molecule has 0 aromatic heterocycles. The van der Waals surface area contributed by atoms with Crippen LogP contribution in [0.5, 0.6) is 0 Å². The highest BCUT2D eigenvalue weighted by Crippen LogP contribution is 2.19. The molecule has 1 aliphatic rings. The maximum atomic E-state index is 9.80. The maximum absolute atomic E-state index is 9.80. The van der Waals surface area contributed by atoms with Gasteiger partial charge in [0.05, 0.1) is 12.6 Å². The van der Waals surface area contributed by atoms with E-state index in [1.807, 2.05) is 0 Å². The Morgan fingerprint density at radius 1 is 1.12 bits per heavy atom. The van der Waals surface area contributed by atoms with Gasteiger partial charge in [-0.05, 0) is 13.0 Å². The van der Waals surface area contributed by atoms with Gasteiger partial charge in [0.25, 0.3) is 0 Å². The molecule has 6 nitrogen and oxygen atoms in total. The molecule has 6 heteroatoms. The van der Waals surface area contributed by atoms with Crippen LogP contribution >= 0.6 is 0 Å². The highest BCUT2D eigenvalue weighted by molar-refractivity contribution is 4.92. The van der Waals surface area contributed by atoms with Crippen molar-refractivity contribution in [3.63, 3.8) is 0 Å². The van der Waals surface area contributed by atoms with E-state index >= 15 is 0 Å². The van der Waals surface area contributed by atoms with Crippen LogP contribution in [0.1, 0.15) is 26.2 Å². The van der Waals surface area contributed by atoms with Gasteiger partial charge in [-0.3, -0.25) is 0 Å². The Balaban J connectivity index is 2.43. The Morgan fingerprint density at radius 2 is 1.82 bits per heavy atom. The summed E-state index contributed by atoms with van der Waals surface area (Å²) in [6.45, 7) is 2.30. The molecule has 0 aliphatic carbocycles. The van der Waals surface area contributed by atoms with Gasteiger partial charge in [0.15, 0.2) is 6.29 Å². The fraction of sp³-hybridized carbons (Fsp3) is 1.00. The van der Waals surface area contributed by atoms with Gasteiger partial charge in [-0.1, -0.05) is 19.8 Å². The van der Waals surface area contributed by atoms with Gasteiger partial charge in [-0.2, -0.15) is 0 Å². The molecule has 1 heterocycles. The number of ether oxygens (including phenoxy) is 1. The normalized spacial score (nSPS) is 38.3. The van der Waals surface area contributed by atoms with Crippen LogP contribution in [-0.2, 0) is 4.74 Å². The molecule has 1 rings (SSSR count). The molecule has 0 aromatic rings. The molecule has 1 aliphatic heterocycles. The van der Waals surface area contributed by atoms with Gasteiger partial charge >= 0.3 is 0 Å². The summed E-state index contributed by atoms with van der Waals surface area (Å²) >= 11 is 0. The fourth-order valence-electron chi connectivity index (χ4n) is 1.96. The molecule has 5 atom stereocenters. The minimum Gasteiger partial charge on any atom is -0.394 e. The van der Waals surface area contributed by atoms with E-state index in [9.17, 15) is 15.3 Å². The van der Waals surface area contributed by atoms with Crippen molar-refractivity contribution >= 4 is 0 Å². The van der Waals surface area contributed by atoms with Gasteiger partial charge in [-0.25, -0.2) is 0 Å². The van der Waals surface area contributed by atoms with Crippen molar-refractivity contribution in [1.82, 2.24) is 5.32 Å². The third kappa shape index (κ3) is 3.87. The standard InChI is InChI=1S/C11H23NO5/c1-2-3-4-5-12-8-10(15)9(14)7(6-13)17-11(8)16/h7-16H,2-6H2,1H3/t7-,8-,9-,10-,11?/m1/s1. The van der Waals surface area contributed by atoms with Crippen molar-refractivity contribution in [3.05, 3.63) is 0 Å². The van der Waals surface area contributed by atoms with Crippen LogP contribution in [0.2, 0.25) is 0 Å². The summed E-state index contributed by atoms with van der Waals surface area (Å²) in [6, 6.07) is -0.718. The lowest BCUT2D eigenvalue weighted by Crippen LogP contribution is -2.63. The molecule has 0 saturated carbocycles. The molecular formula is C11H23NO5. The van der Waals surface area contributed by atoms with Gasteiger partial charge in [0.1, 0.15) is 18.3 Å². The molecule has 1 fully saturated rings. The average Bonchev–Trinajstić information content (AvgIpc) is 2.32. The van der Waals surface area contributed by atoms with Crippen LogP contribution in [0.3, 0.4) is 0 Å². The monoisotopic (exact) mass is 249 g/mol. The van der Waals surface area contributed by atoms with E-state index in [1.165, 1.54) is 0 Å². The first-order chi connectivity index (χ1) is 8.11. The molecule has 5 N–H and O–H groups in total. The summed E-state index contributed by atoms with van der Waals surface area (Å²) < 4.78 is 5.02. The maximum Gasteiger partial charge on any atom is 0.173 e. The van der Waals surface area contributed by atoms with Crippen LogP contribution in [0.25, 0.3) is 0 Å². The Labute approximate surface area is 101 Å². The van der Waals surface area contributed by atoms with Gasteiger partial charge in [-0.15, -0.1) is 0 Å². The molecule has 0 bridgehead atoms. The molecule has 0 amide bonds. The third-order valence-electron chi connectivity index (χ3n) is 3.06. The molecular weight excluding hydrogens is 226 g/mol. The zero-order valence-electron chi connectivity index (χ0n) is 10.1. The second kappa shape index (κ2) is 7.25. The number of unbranched alkanes of at least 4 members (excludes halogenated alkanes) is 2. The smallest absolute Gasteiger partial charge is 0.173 e. The number of hydrogen-bond acceptors (Lipinski definition) is 6. The summed E-state index contributed by atoms with van der Waals surface area (Å²) in [5.41, 5.74) is 0. The van der Waals surface area contributed by atoms with Crippen LogP contribution in [0.4, 0.5) is 0 Å². The highest BCUT2D eigenvalue weighted by atomic mass is 16.6. The Morgan fingerprint density at radius 3 is 2.41 bits per heavy atom. The first kappa shape index (κ1) is 14.8. The van der Waals surface area contributed by atoms with E-state index in [1.54, 1.807) is 0 Å². The van der Waals surface area contributed by atoms with Crippen LogP contribution in [-0.4, -0.2) is 64.2 Å². The third-order valence-corrected chi connectivity index (χ3v) is 3.06. The Kier molecular flexibility index (Phi) is 6.32. The molecule has 0 spiro atoms. The minimum atomic E-state index is -1.22. The van der Waals surface area contributed by atoms with Crippen molar-refractivity contribution in [3.8, 4) is 0 Å². The number of nitrogens with one attached hydrogen (secondary N) is 1. The summed E-state index contributed by atoms with van der Waals surface area (Å²) in [6.07, 6.45) is -1.39. The molecule has 1 unspecified atom stereocenters. The SMILES string of the molecule is CCCCCN[C@H]1C(O)O[C@H](CO)[C@@H](O)[C@@H]1O. The van der Waals surface area contributed by atoms with Crippen molar-refractivity contribution in [2.45, 2.75) is 56.8 Å². The predicted molar refractivity (Wildman–Crippen MR) is 61.3 cm³/mol. The Bertz CT molecular complexity index is 216. The number of rotatable bonds is 6. The van der Waals surface area contributed by atoms with E-state index in [2.05, 4.69) is 12.2 Å². The van der Waals surface area contributed by atoms with Gasteiger partial charge in [0, 0.05) is 0 Å². The molecule has 1 saturated heterocycles. The average molecular weight is 249 g/mol. The van der Waals surface area contributed by atoms with Crippen molar-refractivity contribution in [2.75, 3.05) is 13.2 Å². The van der Waals surface area contributed by atoms with E-state index in [4.69, 9.17) is 9.84 Å². The van der Waals surface area contributed by atoms with Crippen molar-refractivity contribution in [2.24, 2.45) is 0 Å². The lowest BCUT2D eigenvalue weighted by atomic mass is 9.97. The minimum absolute atomic E-state index is 0.433. The van der Waals surface area contributed by atoms with E-state index in [0.717, 1.165) is 19.3 Å². The van der Waals surface area contributed by atoms with E-state index in [-0.39, 0.29) is 0 Å². The summed E-state index contributed by atoms with van der Waals surface area (Å²) in [5, 5.41) is 41.0. The molecule has 102 valence electrons. The number of aliphatic hydroxyl groups is 4. The summed E-state index contributed by atoms with van der Waals surface area (Å²) in [4.78, 5) is 0. The van der Waals surface area contributed by atoms with Gasteiger partial charge < -0.3 is 30.5 Å². The van der Waals surface area contributed by atoms with Gasteiger partial charge in [0.2, 0.25) is 0 Å². The Hall–Kier alpha value is -0.240. The summed E-state index contributed by atoms with van der Waals surface area (Å²) in [5.74, 6) is 0. The first-order valence-corrected chi connectivity index (χ1v) is 6.15. The highest BCUT2D eigenvalue weighted by Gasteiger charge is 2.43. The molecule has 0 radical (unpaired) electrons. The first-order valence-electron chi connectivity index (χ1n) is 6.15. The zero-order valence-corrected chi connectivity index (χ0v) is 10.1. The second-order valence-electron chi connectivity index (χ2n) is 4.42. The lowest BCUT2D eigenvalue weighted by molar-refractivity contribution is -0.254. The lowest BCUT2D eigenvalue weighted by Gasteiger charge is -2.40. The topological polar surface area (TPSA) is 102 Å². The van der Waals surface area contributed by atoms with Crippen LogP contribution in [0.15, 0.2) is 0 Å². The second-order valence-corrected chi connectivity index (χ2v) is 4.42. The van der Waals surface area contributed by atoms with Crippen molar-refractivity contribution < 1.29 is 25.2 Å². The number of aliphatic hydroxyl groups excluding tert-OH is 4. The summed E-state index contributed by atoms with van der Waals surface area (Å²) in [7, 11) is 0.